The van der Waals surface area contributed by atoms with Crippen LogP contribution in [-0.2, 0) is 0 Å². The molecule has 0 aliphatic rings. The van der Waals surface area contributed by atoms with Crippen LogP contribution in [0.25, 0.3) is 0 Å². The summed E-state index contributed by atoms with van der Waals surface area (Å²) in [5, 5.41) is 11.4. The maximum Gasteiger partial charge on any atom is 0.103 e. The van der Waals surface area contributed by atoms with Crippen LogP contribution in [-0.4, -0.2) is 6.54 Å². The molecule has 0 saturated heterocycles. The summed E-state index contributed by atoms with van der Waals surface area (Å²) in [4.78, 5) is 0. The largest absolute Gasteiger partial charge is 0.372 e. The lowest BCUT2D eigenvalue weighted by atomic mass is 10.2. The summed E-state index contributed by atoms with van der Waals surface area (Å²) in [6.07, 6.45) is 0. The summed E-state index contributed by atoms with van der Waals surface area (Å²) < 4.78 is 1.06. The Kier molecular flexibility index (Phi) is 3.12. The highest BCUT2D eigenvalue weighted by Gasteiger charge is 1.98. The molecule has 0 heterocycles. The van der Waals surface area contributed by atoms with Gasteiger partial charge >= 0.3 is 0 Å². The van der Waals surface area contributed by atoms with Crippen LogP contribution in [0.2, 0.25) is 0 Å². The molecular formula is C9H9BrN2. The first-order valence-corrected chi connectivity index (χ1v) is 4.41. The molecule has 0 amide bonds. The van der Waals surface area contributed by atoms with Gasteiger partial charge in [0.1, 0.15) is 6.54 Å². The molecular weight excluding hydrogens is 216 g/mol. The van der Waals surface area contributed by atoms with Gasteiger partial charge in [0, 0.05) is 10.2 Å². The van der Waals surface area contributed by atoms with E-state index in [-0.39, 0.29) is 0 Å². The van der Waals surface area contributed by atoms with Gasteiger partial charge in [-0.2, -0.15) is 5.26 Å². The molecule has 0 spiro atoms. The van der Waals surface area contributed by atoms with Crippen LogP contribution in [0.5, 0.6) is 0 Å². The van der Waals surface area contributed by atoms with E-state index in [2.05, 4.69) is 21.2 Å². The van der Waals surface area contributed by atoms with Gasteiger partial charge in [-0.25, -0.2) is 0 Å². The number of nitrogens with zero attached hydrogens (tertiary/aromatic N) is 1. The molecule has 0 saturated carbocycles. The van der Waals surface area contributed by atoms with Gasteiger partial charge in [-0.1, -0.05) is 22.0 Å². The Labute approximate surface area is 80.3 Å². The number of rotatable bonds is 2. The molecule has 1 rings (SSSR count). The van der Waals surface area contributed by atoms with E-state index >= 15 is 0 Å². The molecule has 0 fully saturated rings. The van der Waals surface area contributed by atoms with Crippen LogP contribution >= 0.6 is 15.9 Å². The van der Waals surface area contributed by atoms with E-state index < -0.39 is 0 Å². The fourth-order valence-electron chi connectivity index (χ4n) is 0.934. The molecule has 1 N–H and O–H groups in total. The lowest BCUT2D eigenvalue weighted by molar-refractivity contribution is 1.28. The van der Waals surface area contributed by atoms with Crippen LogP contribution in [0.15, 0.2) is 22.7 Å². The first kappa shape index (κ1) is 9.08. The zero-order valence-electron chi connectivity index (χ0n) is 6.76. The normalized spacial score (nSPS) is 9.08. The van der Waals surface area contributed by atoms with E-state index in [4.69, 9.17) is 5.26 Å². The maximum atomic E-state index is 8.36. The smallest absolute Gasteiger partial charge is 0.103 e. The second-order valence-electron chi connectivity index (χ2n) is 2.42. The van der Waals surface area contributed by atoms with Gasteiger partial charge in [0.25, 0.3) is 0 Å². The van der Waals surface area contributed by atoms with Crippen LogP contribution in [0.1, 0.15) is 5.56 Å². The van der Waals surface area contributed by atoms with Gasteiger partial charge < -0.3 is 5.32 Å². The number of anilines is 1. The topological polar surface area (TPSA) is 35.8 Å². The van der Waals surface area contributed by atoms with Gasteiger partial charge in [-0.05, 0) is 24.6 Å². The SMILES string of the molecule is Cc1c(Br)cccc1NCC#N. The third-order valence-corrected chi connectivity index (χ3v) is 2.48. The third-order valence-electron chi connectivity index (χ3n) is 1.63. The molecule has 1 aromatic carbocycles. The minimum atomic E-state index is 0.345. The van der Waals surface area contributed by atoms with Crippen molar-refractivity contribution in [3.05, 3.63) is 28.2 Å². The van der Waals surface area contributed by atoms with E-state index in [0.717, 1.165) is 15.7 Å². The van der Waals surface area contributed by atoms with Crippen molar-refractivity contribution in [2.75, 3.05) is 11.9 Å². The van der Waals surface area contributed by atoms with Crippen LogP contribution in [0.4, 0.5) is 5.69 Å². The molecule has 1 aromatic rings. The summed E-state index contributed by atoms with van der Waals surface area (Å²) in [5.41, 5.74) is 2.14. The second kappa shape index (κ2) is 4.13. The summed E-state index contributed by atoms with van der Waals surface area (Å²) >= 11 is 3.42. The van der Waals surface area contributed by atoms with Crippen molar-refractivity contribution in [2.45, 2.75) is 6.92 Å². The van der Waals surface area contributed by atoms with Gasteiger partial charge in [0.15, 0.2) is 0 Å². The summed E-state index contributed by atoms with van der Waals surface area (Å²) in [7, 11) is 0. The van der Waals surface area contributed by atoms with Crippen molar-refractivity contribution in [2.24, 2.45) is 0 Å². The predicted molar refractivity (Wildman–Crippen MR) is 53.0 cm³/mol. The van der Waals surface area contributed by atoms with Crippen LogP contribution in [0, 0.1) is 18.3 Å². The highest BCUT2D eigenvalue weighted by atomic mass is 79.9. The lowest BCUT2D eigenvalue weighted by Crippen LogP contribution is -2.00. The molecule has 0 atom stereocenters. The Morgan fingerprint density at radius 3 is 3.00 bits per heavy atom. The fraction of sp³-hybridized carbons (Fsp3) is 0.222. The number of nitriles is 1. The summed E-state index contributed by atoms with van der Waals surface area (Å²) in [5.74, 6) is 0. The van der Waals surface area contributed by atoms with E-state index in [1.54, 1.807) is 0 Å². The predicted octanol–water partition coefficient (Wildman–Crippen LogP) is 2.69. The molecule has 0 aromatic heterocycles. The van der Waals surface area contributed by atoms with Gasteiger partial charge in [-0.3, -0.25) is 0 Å². The fourth-order valence-corrected chi connectivity index (χ4v) is 1.30. The van der Waals surface area contributed by atoms with Gasteiger partial charge in [0.05, 0.1) is 6.07 Å². The van der Waals surface area contributed by atoms with Crippen molar-refractivity contribution in [1.82, 2.24) is 0 Å². The third kappa shape index (κ3) is 1.99. The minimum absolute atomic E-state index is 0.345. The molecule has 62 valence electrons. The van der Waals surface area contributed by atoms with E-state index in [9.17, 15) is 0 Å². The Bertz CT molecular complexity index is 315. The van der Waals surface area contributed by atoms with Crippen molar-refractivity contribution in [3.63, 3.8) is 0 Å². The second-order valence-corrected chi connectivity index (χ2v) is 3.28. The Morgan fingerprint density at radius 1 is 1.58 bits per heavy atom. The van der Waals surface area contributed by atoms with Crippen molar-refractivity contribution in [3.8, 4) is 6.07 Å². The number of benzene rings is 1. The average molecular weight is 225 g/mol. The molecule has 0 aliphatic carbocycles. The maximum absolute atomic E-state index is 8.36. The molecule has 0 aliphatic heterocycles. The van der Waals surface area contributed by atoms with Gasteiger partial charge in [-0.15, -0.1) is 0 Å². The molecule has 0 radical (unpaired) electrons. The zero-order chi connectivity index (χ0) is 8.97. The number of halogens is 1. The van der Waals surface area contributed by atoms with E-state index in [0.29, 0.717) is 6.54 Å². The standard InChI is InChI=1S/C9H9BrN2/c1-7-8(10)3-2-4-9(7)12-6-5-11/h2-4,12H,6H2,1H3. The Hall–Kier alpha value is -1.01. The molecule has 12 heavy (non-hydrogen) atoms. The van der Waals surface area contributed by atoms with Gasteiger partial charge in [0.2, 0.25) is 0 Å². The minimum Gasteiger partial charge on any atom is -0.372 e. The Balaban J connectivity index is 2.86. The van der Waals surface area contributed by atoms with Crippen molar-refractivity contribution < 1.29 is 0 Å². The molecule has 2 nitrogen and oxygen atoms in total. The quantitative estimate of drug-likeness (QED) is 0.785. The Morgan fingerprint density at radius 2 is 2.33 bits per heavy atom. The average Bonchev–Trinajstić information content (AvgIpc) is 2.08. The summed E-state index contributed by atoms with van der Waals surface area (Å²) in [6.45, 7) is 2.35. The van der Waals surface area contributed by atoms with E-state index in [1.807, 2.05) is 31.2 Å². The van der Waals surface area contributed by atoms with Crippen LogP contribution in [0.3, 0.4) is 0 Å². The monoisotopic (exact) mass is 224 g/mol. The first-order valence-electron chi connectivity index (χ1n) is 3.61. The summed E-state index contributed by atoms with van der Waals surface area (Å²) in [6, 6.07) is 7.91. The number of hydrogen-bond donors (Lipinski definition) is 1. The lowest BCUT2D eigenvalue weighted by Gasteiger charge is -2.06. The number of nitrogens with one attached hydrogen (secondary N) is 1. The molecule has 0 bridgehead atoms. The van der Waals surface area contributed by atoms with Crippen molar-refractivity contribution in [1.29, 1.82) is 5.26 Å². The first-order chi connectivity index (χ1) is 5.75. The highest BCUT2D eigenvalue weighted by molar-refractivity contribution is 9.10. The molecule has 3 heteroatoms. The zero-order valence-corrected chi connectivity index (χ0v) is 8.35. The van der Waals surface area contributed by atoms with E-state index in [1.165, 1.54) is 0 Å². The van der Waals surface area contributed by atoms with Crippen molar-refractivity contribution >= 4 is 21.6 Å². The number of hydrogen-bond acceptors (Lipinski definition) is 2. The highest BCUT2D eigenvalue weighted by Crippen LogP contribution is 2.22. The molecule has 0 unspecified atom stereocenters. The van der Waals surface area contributed by atoms with Crippen LogP contribution < -0.4 is 5.32 Å².